The first-order valence-corrected chi connectivity index (χ1v) is 5.59. The van der Waals surface area contributed by atoms with Crippen LogP contribution in [0.4, 0.5) is 0 Å². The number of rotatable bonds is 4. The van der Waals surface area contributed by atoms with Gasteiger partial charge in [-0.15, -0.1) is 0 Å². The van der Waals surface area contributed by atoms with Crippen LogP contribution in [-0.2, 0) is 11.2 Å². The summed E-state index contributed by atoms with van der Waals surface area (Å²) in [5.41, 5.74) is 0.834. The minimum atomic E-state index is -0.00446. The van der Waals surface area contributed by atoms with Crippen molar-refractivity contribution in [1.29, 1.82) is 0 Å². The molecule has 0 fully saturated rings. The molecule has 1 rings (SSSR count). The lowest BCUT2D eigenvalue weighted by atomic mass is 10.1. The first kappa shape index (κ1) is 12.3. The zero-order valence-corrected chi connectivity index (χ0v) is 10.0. The molecule has 0 saturated heterocycles. The van der Waals surface area contributed by atoms with E-state index in [0.717, 1.165) is 12.0 Å². The molecule has 1 N–H and O–H groups in total. The summed E-state index contributed by atoms with van der Waals surface area (Å²) in [5.74, 6) is -0.00446. The SMILES string of the molecule is CCCNC(=O)Cc1cc(Cl)cc(Cl)c1. The van der Waals surface area contributed by atoms with E-state index in [1.165, 1.54) is 0 Å². The van der Waals surface area contributed by atoms with Crippen LogP contribution in [0.2, 0.25) is 10.0 Å². The van der Waals surface area contributed by atoms with E-state index >= 15 is 0 Å². The zero-order valence-electron chi connectivity index (χ0n) is 8.52. The van der Waals surface area contributed by atoms with Gasteiger partial charge in [0.15, 0.2) is 0 Å². The van der Waals surface area contributed by atoms with Gasteiger partial charge in [-0.1, -0.05) is 30.1 Å². The summed E-state index contributed by atoms with van der Waals surface area (Å²) >= 11 is 11.6. The van der Waals surface area contributed by atoms with Crippen molar-refractivity contribution in [2.24, 2.45) is 0 Å². The Hall–Kier alpha value is -0.730. The Kier molecular flexibility index (Phi) is 4.92. The molecule has 0 atom stereocenters. The van der Waals surface area contributed by atoms with Crippen molar-refractivity contribution >= 4 is 29.1 Å². The Morgan fingerprint density at radius 1 is 1.27 bits per heavy atom. The first-order chi connectivity index (χ1) is 7.11. The first-order valence-electron chi connectivity index (χ1n) is 4.83. The van der Waals surface area contributed by atoms with Crippen molar-refractivity contribution in [3.05, 3.63) is 33.8 Å². The highest BCUT2D eigenvalue weighted by molar-refractivity contribution is 6.34. The predicted molar refractivity (Wildman–Crippen MR) is 63.5 cm³/mol. The maximum absolute atomic E-state index is 11.4. The highest BCUT2D eigenvalue weighted by Crippen LogP contribution is 2.19. The maximum Gasteiger partial charge on any atom is 0.224 e. The van der Waals surface area contributed by atoms with Gasteiger partial charge in [-0.3, -0.25) is 4.79 Å². The monoisotopic (exact) mass is 245 g/mol. The fraction of sp³-hybridized carbons (Fsp3) is 0.364. The summed E-state index contributed by atoms with van der Waals surface area (Å²) in [6, 6.07) is 5.15. The molecule has 0 saturated carbocycles. The van der Waals surface area contributed by atoms with Crippen LogP contribution in [0.5, 0.6) is 0 Å². The Bertz CT molecular complexity index is 332. The molecule has 0 heterocycles. The van der Waals surface area contributed by atoms with E-state index < -0.39 is 0 Å². The lowest BCUT2D eigenvalue weighted by Crippen LogP contribution is -2.25. The van der Waals surface area contributed by atoms with Gasteiger partial charge in [-0.05, 0) is 30.2 Å². The van der Waals surface area contributed by atoms with Crippen molar-refractivity contribution in [2.75, 3.05) is 6.54 Å². The van der Waals surface area contributed by atoms with Gasteiger partial charge in [0.2, 0.25) is 5.91 Å². The third kappa shape index (κ3) is 4.54. The smallest absolute Gasteiger partial charge is 0.224 e. The van der Waals surface area contributed by atoms with Gasteiger partial charge in [0, 0.05) is 16.6 Å². The summed E-state index contributed by atoms with van der Waals surface area (Å²) in [7, 11) is 0. The van der Waals surface area contributed by atoms with Crippen LogP contribution in [0.3, 0.4) is 0 Å². The van der Waals surface area contributed by atoms with Gasteiger partial charge in [0.25, 0.3) is 0 Å². The van der Waals surface area contributed by atoms with E-state index in [1.807, 2.05) is 6.92 Å². The minimum absolute atomic E-state index is 0.00446. The van der Waals surface area contributed by atoms with Crippen LogP contribution in [0.1, 0.15) is 18.9 Å². The van der Waals surface area contributed by atoms with Gasteiger partial charge in [-0.2, -0.15) is 0 Å². The molecule has 82 valence electrons. The number of halogens is 2. The quantitative estimate of drug-likeness (QED) is 0.869. The molecule has 0 radical (unpaired) electrons. The van der Waals surface area contributed by atoms with Crippen LogP contribution in [0, 0.1) is 0 Å². The van der Waals surface area contributed by atoms with Crippen molar-refractivity contribution < 1.29 is 4.79 Å². The Morgan fingerprint density at radius 3 is 2.40 bits per heavy atom. The standard InChI is InChI=1S/C11H13Cl2NO/c1-2-3-14-11(15)6-8-4-9(12)7-10(13)5-8/h4-5,7H,2-3,6H2,1H3,(H,14,15). The van der Waals surface area contributed by atoms with E-state index in [0.29, 0.717) is 23.0 Å². The molecule has 1 amide bonds. The molecule has 0 aliphatic rings. The molecule has 2 nitrogen and oxygen atoms in total. The van der Waals surface area contributed by atoms with Crippen molar-refractivity contribution in [3.63, 3.8) is 0 Å². The van der Waals surface area contributed by atoms with E-state index in [2.05, 4.69) is 5.32 Å². The normalized spacial score (nSPS) is 10.1. The Morgan fingerprint density at radius 2 is 1.87 bits per heavy atom. The summed E-state index contributed by atoms with van der Waals surface area (Å²) < 4.78 is 0. The molecule has 0 bridgehead atoms. The average Bonchev–Trinajstić information content (AvgIpc) is 2.13. The zero-order chi connectivity index (χ0) is 11.3. The fourth-order valence-corrected chi connectivity index (χ4v) is 1.80. The molecule has 0 aliphatic heterocycles. The van der Waals surface area contributed by atoms with Gasteiger partial charge in [0.05, 0.1) is 6.42 Å². The van der Waals surface area contributed by atoms with Gasteiger partial charge in [0.1, 0.15) is 0 Å². The molecule has 0 aliphatic carbocycles. The molecule has 0 unspecified atom stereocenters. The second-order valence-corrected chi connectivity index (χ2v) is 4.18. The van der Waals surface area contributed by atoms with Crippen LogP contribution in [0.25, 0.3) is 0 Å². The number of carbonyl (C=O) groups excluding carboxylic acids is 1. The van der Waals surface area contributed by atoms with E-state index in [-0.39, 0.29) is 5.91 Å². The fourth-order valence-electron chi connectivity index (χ4n) is 1.23. The number of benzene rings is 1. The molecule has 0 aromatic heterocycles. The van der Waals surface area contributed by atoms with E-state index in [4.69, 9.17) is 23.2 Å². The topological polar surface area (TPSA) is 29.1 Å². The third-order valence-corrected chi connectivity index (χ3v) is 2.30. The molecule has 0 spiro atoms. The summed E-state index contributed by atoms with van der Waals surface area (Å²) in [5, 5.41) is 3.91. The molecular weight excluding hydrogens is 233 g/mol. The highest BCUT2D eigenvalue weighted by atomic mass is 35.5. The van der Waals surface area contributed by atoms with Crippen LogP contribution in [-0.4, -0.2) is 12.5 Å². The molecule has 15 heavy (non-hydrogen) atoms. The van der Waals surface area contributed by atoms with E-state index in [9.17, 15) is 4.79 Å². The Labute approximate surface area is 99.6 Å². The largest absolute Gasteiger partial charge is 0.356 e. The molecule has 1 aromatic rings. The third-order valence-electron chi connectivity index (χ3n) is 1.86. The van der Waals surface area contributed by atoms with Gasteiger partial charge in [-0.25, -0.2) is 0 Å². The molecular formula is C11H13Cl2NO. The van der Waals surface area contributed by atoms with Gasteiger partial charge < -0.3 is 5.32 Å². The number of hydrogen-bond donors (Lipinski definition) is 1. The van der Waals surface area contributed by atoms with Gasteiger partial charge >= 0.3 is 0 Å². The number of amides is 1. The molecule has 1 aromatic carbocycles. The highest BCUT2D eigenvalue weighted by Gasteiger charge is 2.04. The second-order valence-electron chi connectivity index (χ2n) is 3.30. The maximum atomic E-state index is 11.4. The van der Waals surface area contributed by atoms with Crippen LogP contribution in [0.15, 0.2) is 18.2 Å². The lowest BCUT2D eigenvalue weighted by molar-refractivity contribution is -0.120. The van der Waals surface area contributed by atoms with Crippen molar-refractivity contribution in [2.45, 2.75) is 19.8 Å². The summed E-state index contributed by atoms with van der Waals surface area (Å²) in [4.78, 5) is 11.4. The second kappa shape index (κ2) is 5.99. The van der Waals surface area contributed by atoms with Crippen LogP contribution >= 0.6 is 23.2 Å². The lowest BCUT2D eigenvalue weighted by Gasteiger charge is -2.04. The van der Waals surface area contributed by atoms with Crippen LogP contribution < -0.4 is 5.32 Å². The minimum Gasteiger partial charge on any atom is -0.356 e. The average molecular weight is 246 g/mol. The number of hydrogen-bond acceptors (Lipinski definition) is 1. The Balaban J connectivity index is 2.60. The van der Waals surface area contributed by atoms with E-state index in [1.54, 1.807) is 18.2 Å². The van der Waals surface area contributed by atoms with Crippen molar-refractivity contribution in [3.8, 4) is 0 Å². The molecule has 4 heteroatoms. The summed E-state index contributed by atoms with van der Waals surface area (Å²) in [6.45, 7) is 2.71. The number of carbonyl (C=O) groups is 1. The summed E-state index contributed by atoms with van der Waals surface area (Å²) in [6.07, 6.45) is 1.25. The van der Waals surface area contributed by atoms with Crippen molar-refractivity contribution in [1.82, 2.24) is 5.32 Å². The number of nitrogens with one attached hydrogen (secondary N) is 1. The predicted octanol–water partition coefficient (Wildman–Crippen LogP) is 3.06.